The highest BCUT2D eigenvalue weighted by molar-refractivity contribution is 5.34. The molecule has 0 saturated heterocycles. The van der Waals surface area contributed by atoms with Crippen LogP contribution in [0.15, 0.2) is 42.5 Å². The monoisotopic (exact) mass is 243 g/mol. The Morgan fingerprint density at radius 2 is 2.00 bits per heavy atom. The van der Waals surface area contributed by atoms with E-state index in [0.717, 1.165) is 13.0 Å². The van der Waals surface area contributed by atoms with E-state index in [1.807, 2.05) is 0 Å². The lowest BCUT2D eigenvalue weighted by Gasteiger charge is -2.28. The van der Waals surface area contributed by atoms with E-state index in [2.05, 4.69) is 56.1 Å². The Balaban J connectivity index is 2.12. The zero-order chi connectivity index (χ0) is 13.0. The first-order chi connectivity index (χ1) is 8.69. The summed E-state index contributed by atoms with van der Waals surface area (Å²) in [5.74, 6) is 0. The van der Waals surface area contributed by atoms with Crippen LogP contribution >= 0.6 is 0 Å². The minimum Gasteiger partial charge on any atom is -0.313 e. The lowest BCUT2D eigenvalue weighted by Crippen LogP contribution is -2.40. The van der Waals surface area contributed by atoms with Crippen molar-refractivity contribution >= 4 is 0 Å². The van der Waals surface area contributed by atoms with Gasteiger partial charge in [0.2, 0.25) is 0 Å². The number of nitrogens with one attached hydrogen (secondary N) is 1. The van der Waals surface area contributed by atoms with Gasteiger partial charge in [0.05, 0.1) is 0 Å². The molecule has 1 N–H and O–H groups in total. The Morgan fingerprint density at radius 1 is 1.33 bits per heavy atom. The standard InChI is InChI=1S/C17H25N/c1-4-18-16(11-10-14(2)3)17(12-13-17)15-8-6-5-7-9-15/h5-9,16,18H,2,4,10-13H2,1,3H3. The van der Waals surface area contributed by atoms with Gasteiger partial charge in [0.15, 0.2) is 0 Å². The SMILES string of the molecule is C=C(C)CCC(NCC)C1(c2ccccc2)CC1. The van der Waals surface area contributed by atoms with Gasteiger partial charge in [-0.15, -0.1) is 6.58 Å². The molecule has 0 aromatic heterocycles. The van der Waals surface area contributed by atoms with Crippen LogP contribution in [0.1, 0.15) is 45.1 Å². The molecule has 0 bridgehead atoms. The fraction of sp³-hybridized carbons (Fsp3) is 0.529. The summed E-state index contributed by atoms with van der Waals surface area (Å²) >= 11 is 0. The molecule has 0 spiro atoms. The van der Waals surface area contributed by atoms with Crippen LogP contribution < -0.4 is 5.32 Å². The van der Waals surface area contributed by atoms with E-state index < -0.39 is 0 Å². The molecular weight excluding hydrogens is 218 g/mol. The molecule has 1 atom stereocenters. The van der Waals surface area contributed by atoms with Crippen molar-refractivity contribution in [1.29, 1.82) is 0 Å². The molecule has 1 aromatic rings. The minimum atomic E-state index is 0.396. The molecule has 0 amide bonds. The fourth-order valence-corrected chi connectivity index (χ4v) is 2.95. The Labute approximate surface area is 111 Å². The van der Waals surface area contributed by atoms with Crippen molar-refractivity contribution in [3.8, 4) is 0 Å². The molecule has 1 aromatic carbocycles. The van der Waals surface area contributed by atoms with E-state index in [-0.39, 0.29) is 0 Å². The second-order valence-electron chi connectivity index (χ2n) is 5.63. The van der Waals surface area contributed by atoms with Gasteiger partial charge >= 0.3 is 0 Å². The number of likely N-dealkylation sites (N-methyl/N-ethyl adjacent to an activating group) is 1. The van der Waals surface area contributed by atoms with Gasteiger partial charge in [-0.3, -0.25) is 0 Å². The van der Waals surface area contributed by atoms with Crippen molar-refractivity contribution in [2.24, 2.45) is 0 Å². The third-order valence-corrected chi connectivity index (χ3v) is 4.11. The quantitative estimate of drug-likeness (QED) is 0.712. The van der Waals surface area contributed by atoms with Crippen LogP contribution in [0.5, 0.6) is 0 Å². The zero-order valence-electron chi connectivity index (χ0n) is 11.7. The molecule has 1 fully saturated rings. The second-order valence-corrected chi connectivity index (χ2v) is 5.63. The van der Waals surface area contributed by atoms with Crippen LogP contribution in [0.3, 0.4) is 0 Å². The van der Waals surface area contributed by atoms with E-state index >= 15 is 0 Å². The van der Waals surface area contributed by atoms with Gasteiger partial charge in [-0.2, -0.15) is 0 Å². The molecule has 2 rings (SSSR count). The molecule has 0 heterocycles. The van der Waals surface area contributed by atoms with Crippen LogP contribution in [-0.4, -0.2) is 12.6 Å². The highest BCUT2D eigenvalue weighted by Crippen LogP contribution is 2.52. The number of hydrogen-bond acceptors (Lipinski definition) is 1. The fourth-order valence-electron chi connectivity index (χ4n) is 2.95. The van der Waals surface area contributed by atoms with Crippen LogP contribution in [-0.2, 0) is 5.41 Å². The number of benzene rings is 1. The van der Waals surface area contributed by atoms with E-state index in [0.29, 0.717) is 11.5 Å². The van der Waals surface area contributed by atoms with Crippen molar-refractivity contribution in [1.82, 2.24) is 5.32 Å². The summed E-state index contributed by atoms with van der Waals surface area (Å²) in [5.41, 5.74) is 3.20. The van der Waals surface area contributed by atoms with E-state index in [1.165, 1.54) is 30.4 Å². The maximum absolute atomic E-state index is 4.03. The third-order valence-electron chi connectivity index (χ3n) is 4.11. The van der Waals surface area contributed by atoms with Crippen LogP contribution in [0.2, 0.25) is 0 Å². The van der Waals surface area contributed by atoms with Crippen LogP contribution in [0, 0.1) is 0 Å². The molecule has 1 unspecified atom stereocenters. The van der Waals surface area contributed by atoms with Gasteiger partial charge in [0.1, 0.15) is 0 Å². The molecule has 0 radical (unpaired) electrons. The molecule has 1 saturated carbocycles. The zero-order valence-corrected chi connectivity index (χ0v) is 11.7. The average molecular weight is 243 g/mol. The first kappa shape index (κ1) is 13.4. The van der Waals surface area contributed by atoms with Crippen molar-refractivity contribution in [3.63, 3.8) is 0 Å². The Hall–Kier alpha value is -1.08. The molecule has 1 aliphatic rings. The first-order valence-electron chi connectivity index (χ1n) is 7.12. The van der Waals surface area contributed by atoms with Crippen molar-refractivity contribution in [3.05, 3.63) is 48.0 Å². The third kappa shape index (κ3) is 2.84. The van der Waals surface area contributed by atoms with Gasteiger partial charge in [-0.25, -0.2) is 0 Å². The van der Waals surface area contributed by atoms with E-state index in [4.69, 9.17) is 0 Å². The summed E-state index contributed by atoms with van der Waals surface area (Å²) in [7, 11) is 0. The van der Waals surface area contributed by atoms with Crippen LogP contribution in [0.25, 0.3) is 0 Å². The number of rotatable bonds is 7. The summed E-state index contributed by atoms with van der Waals surface area (Å²) in [5, 5.41) is 3.70. The Kier molecular flexibility index (Phi) is 4.23. The molecule has 1 aliphatic carbocycles. The largest absolute Gasteiger partial charge is 0.313 e. The second kappa shape index (κ2) is 5.71. The first-order valence-corrected chi connectivity index (χ1v) is 7.12. The maximum Gasteiger partial charge on any atom is 0.0167 e. The Bertz CT molecular complexity index is 389. The minimum absolute atomic E-state index is 0.396. The molecule has 98 valence electrons. The van der Waals surface area contributed by atoms with Crippen molar-refractivity contribution < 1.29 is 0 Å². The van der Waals surface area contributed by atoms with Crippen molar-refractivity contribution in [2.75, 3.05) is 6.54 Å². The predicted molar refractivity (Wildman–Crippen MR) is 78.9 cm³/mol. The lowest BCUT2D eigenvalue weighted by molar-refractivity contribution is 0.399. The summed E-state index contributed by atoms with van der Waals surface area (Å²) < 4.78 is 0. The van der Waals surface area contributed by atoms with Gasteiger partial charge in [0.25, 0.3) is 0 Å². The predicted octanol–water partition coefficient (Wildman–Crippen LogP) is 4.05. The van der Waals surface area contributed by atoms with Crippen molar-refractivity contribution in [2.45, 2.75) is 51.0 Å². The highest BCUT2D eigenvalue weighted by Gasteiger charge is 2.49. The molecule has 1 heteroatoms. The van der Waals surface area contributed by atoms with E-state index in [9.17, 15) is 0 Å². The summed E-state index contributed by atoms with van der Waals surface area (Å²) in [4.78, 5) is 0. The molecule has 0 aliphatic heterocycles. The average Bonchev–Trinajstić information content (AvgIpc) is 3.17. The Morgan fingerprint density at radius 3 is 2.50 bits per heavy atom. The summed E-state index contributed by atoms with van der Waals surface area (Å²) in [6, 6.07) is 11.6. The molecule has 18 heavy (non-hydrogen) atoms. The van der Waals surface area contributed by atoms with Gasteiger partial charge < -0.3 is 5.32 Å². The number of hydrogen-bond donors (Lipinski definition) is 1. The maximum atomic E-state index is 4.03. The summed E-state index contributed by atoms with van der Waals surface area (Å²) in [6.45, 7) is 9.42. The van der Waals surface area contributed by atoms with Gasteiger partial charge in [-0.1, -0.05) is 42.8 Å². The van der Waals surface area contributed by atoms with Gasteiger partial charge in [0, 0.05) is 11.5 Å². The summed E-state index contributed by atoms with van der Waals surface area (Å²) in [6.07, 6.45) is 4.99. The van der Waals surface area contributed by atoms with E-state index in [1.54, 1.807) is 0 Å². The van der Waals surface area contributed by atoms with Gasteiger partial charge in [-0.05, 0) is 44.7 Å². The normalized spacial score (nSPS) is 18.3. The topological polar surface area (TPSA) is 12.0 Å². The molecular formula is C17H25N. The lowest BCUT2D eigenvalue weighted by atomic mass is 9.85. The molecule has 1 nitrogen and oxygen atoms in total. The smallest absolute Gasteiger partial charge is 0.0167 e. The van der Waals surface area contributed by atoms with Crippen LogP contribution in [0.4, 0.5) is 0 Å². The number of allylic oxidation sites excluding steroid dienone is 1. The highest BCUT2D eigenvalue weighted by atomic mass is 14.9.